The van der Waals surface area contributed by atoms with Gasteiger partial charge in [-0.3, -0.25) is 0 Å². The fourth-order valence-electron chi connectivity index (χ4n) is 6.68. The Morgan fingerprint density at radius 3 is 2.72 bits per heavy atom. The monoisotopic (exact) mass is 388 g/mol. The minimum absolute atomic E-state index is 0.117. The van der Waals surface area contributed by atoms with Gasteiger partial charge in [0.2, 0.25) is 0 Å². The molecular weight excluding hydrogens is 356 g/mol. The largest absolute Gasteiger partial charge is 0.508 e. The van der Waals surface area contributed by atoms with Crippen LogP contribution in [0.4, 0.5) is 0 Å². The summed E-state index contributed by atoms with van der Waals surface area (Å²) in [7, 11) is 0. The van der Waals surface area contributed by atoms with Crippen molar-refractivity contribution in [3.63, 3.8) is 0 Å². The fraction of sp³-hybridized carbons (Fsp3) is 0.481. The van der Waals surface area contributed by atoms with Crippen LogP contribution in [0.3, 0.4) is 0 Å². The number of hydrogen-bond acceptors (Lipinski definition) is 2. The predicted molar refractivity (Wildman–Crippen MR) is 118 cm³/mol. The van der Waals surface area contributed by atoms with Crippen LogP contribution >= 0.6 is 0 Å². The lowest BCUT2D eigenvalue weighted by Gasteiger charge is -2.50. The molecule has 2 aromatic rings. The molecule has 0 heterocycles. The minimum atomic E-state index is -0.117. The number of benzene rings is 2. The third-order valence-electron chi connectivity index (χ3n) is 8.32. The van der Waals surface area contributed by atoms with Crippen LogP contribution in [-0.4, -0.2) is 16.3 Å². The predicted octanol–water partition coefficient (Wildman–Crippen LogP) is 5.87. The zero-order valence-electron chi connectivity index (χ0n) is 17.3. The summed E-state index contributed by atoms with van der Waals surface area (Å²) in [4.78, 5) is 0. The summed E-state index contributed by atoms with van der Waals surface area (Å²) in [6.07, 6.45) is 11.6. The molecule has 2 heteroatoms. The number of phenolic OH excluding ortho intramolecular Hbond substituents is 1. The molecule has 3 aliphatic carbocycles. The van der Waals surface area contributed by atoms with Crippen molar-refractivity contribution >= 4 is 6.08 Å². The van der Waals surface area contributed by atoms with Crippen LogP contribution in [-0.2, 0) is 12.8 Å². The van der Waals surface area contributed by atoms with Gasteiger partial charge in [-0.25, -0.2) is 0 Å². The Hall–Kier alpha value is -2.06. The molecule has 5 rings (SSSR count). The van der Waals surface area contributed by atoms with Gasteiger partial charge < -0.3 is 10.2 Å². The lowest BCUT2D eigenvalue weighted by molar-refractivity contribution is -0.0226. The summed E-state index contributed by atoms with van der Waals surface area (Å²) in [5.41, 5.74) is 5.18. The Kier molecular flexibility index (Phi) is 4.78. The highest BCUT2D eigenvalue weighted by molar-refractivity contribution is 5.51. The van der Waals surface area contributed by atoms with Crippen LogP contribution in [0.1, 0.15) is 67.2 Å². The normalized spacial score (nSPS) is 33.3. The first-order valence-corrected chi connectivity index (χ1v) is 11.3. The molecule has 0 spiro atoms. The van der Waals surface area contributed by atoms with E-state index < -0.39 is 0 Å². The molecule has 0 amide bonds. The van der Waals surface area contributed by atoms with Gasteiger partial charge in [-0.05, 0) is 96.4 Å². The second kappa shape index (κ2) is 7.32. The van der Waals surface area contributed by atoms with Gasteiger partial charge in [0.15, 0.2) is 0 Å². The van der Waals surface area contributed by atoms with E-state index >= 15 is 0 Å². The number of aryl methyl sites for hydroxylation is 1. The number of fused-ring (bicyclic) bond motifs is 5. The number of aromatic hydroxyl groups is 1. The molecule has 2 aromatic carbocycles. The third-order valence-corrected chi connectivity index (χ3v) is 8.32. The number of aliphatic hydroxyl groups is 1. The van der Waals surface area contributed by atoms with Gasteiger partial charge in [0, 0.05) is 0 Å². The lowest BCUT2D eigenvalue weighted by atomic mass is 9.55. The van der Waals surface area contributed by atoms with Crippen molar-refractivity contribution in [3.05, 3.63) is 70.8 Å². The molecule has 0 radical (unpaired) electrons. The number of rotatable bonds is 3. The standard InChI is InChI=1S/C27H32O2/c1-27-15-14-21-22(24(27)12-13-26(27)29)11-10-19-17-25(28)20(16-23(19)21)9-5-8-18-6-3-2-4-7-18/h2-8,16-17,21-22,24,26,28-29H,9-15H2,1H3/b8-5+/t21?,22-,24?,26+,27+/m1/s1. The zero-order valence-corrected chi connectivity index (χ0v) is 17.3. The maximum atomic E-state index is 10.6. The van der Waals surface area contributed by atoms with E-state index in [0.717, 1.165) is 31.2 Å². The van der Waals surface area contributed by atoms with Crippen molar-refractivity contribution in [2.45, 2.75) is 63.9 Å². The third kappa shape index (κ3) is 3.22. The maximum Gasteiger partial charge on any atom is 0.119 e. The van der Waals surface area contributed by atoms with Crippen molar-refractivity contribution in [3.8, 4) is 5.75 Å². The molecule has 2 fully saturated rings. The number of phenols is 1. The molecule has 2 nitrogen and oxygen atoms in total. The Morgan fingerprint density at radius 1 is 1.07 bits per heavy atom. The molecule has 2 unspecified atom stereocenters. The maximum absolute atomic E-state index is 10.6. The van der Waals surface area contributed by atoms with E-state index in [2.05, 4.69) is 37.3 Å². The van der Waals surface area contributed by atoms with E-state index in [1.807, 2.05) is 24.3 Å². The van der Waals surface area contributed by atoms with Gasteiger partial charge in [0.1, 0.15) is 5.75 Å². The second-order valence-corrected chi connectivity index (χ2v) is 9.75. The van der Waals surface area contributed by atoms with Crippen LogP contribution in [0.25, 0.3) is 6.08 Å². The summed E-state index contributed by atoms with van der Waals surface area (Å²) >= 11 is 0. The van der Waals surface area contributed by atoms with Crippen molar-refractivity contribution in [2.75, 3.05) is 0 Å². The Bertz CT molecular complexity index is 916. The van der Waals surface area contributed by atoms with Gasteiger partial charge in [-0.15, -0.1) is 0 Å². The quantitative estimate of drug-likeness (QED) is 0.691. The zero-order chi connectivity index (χ0) is 20.0. The number of hydrogen-bond donors (Lipinski definition) is 2. The van der Waals surface area contributed by atoms with Crippen molar-refractivity contribution in [2.24, 2.45) is 17.3 Å². The molecular formula is C27H32O2. The van der Waals surface area contributed by atoms with E-state index in [9.17, 15) is 10.2 Å². The van der Waals surface area contributed by atoms with Crippen LogP contribution in [0.15, 0.2) is 48.5 Å². The van der Waals surface area contributed by atoms with Crippen molar-refractivity contribution < 1.29 is 10.2 Å². The molecule has 0 bridgehead atoms. The summed E-state index contributed by atoms with van der Waals surface area (Å²) in [6, 6.07) is 14.7. The van der Waals surface area contributed by atoms with Crippen LogP contribution in [0.5, 0.6) is 5.75 Å². The van der Waals surface area contributed by atoms with E-state index in [-0.39, 0.29) is 11.5 Å². The molecule has 0 saturated heterocycles. The fourth-order valence-corrected chi connectivity index (χ4v) is 6.68. The SMILES string of the molecule is C[C@]12CCC3c4cc(C/C=C/c5ccccc5)c(O)cc4CC[C@H]3C1CC[C@@H]2O. The van der Waals surface area contributed by atoms with Gasteiger partial charge >= 0.3 is 0 Å². The average Bonchev–Trinajstić information content (AvgIpc) is 3.04. The molecule has 2 saturated carbocycles. The Balaban J connectivity index is 1.40. The van der Waals surface area contributed by atoms with Crippen LogP contribution in [0, 0.1) is 17.3 Å². The van der Waals surface area contributed by atoms with Gasteiger partial charge in [0.25, 0.3) is 0 Å². The molecule has 0 aliphatic heterocycles. The Morgan fingerprint density at radius 2 is 1.90 bits per heavy atom. The highest BCUT2D eigenvalue weighted by Gasteiger charge is 2.54. The Labute approximate surface area is 174 Å². The van der Waals surface area contributed by atoms with Crippen molar-refractivity contribution in [1.29, 1.82) is 0 Å². The van der Waals surface area contributed by atoms with Gasteiger partial charge in [-0.1, -0.05) is 55.5 Å². The summed E-state index contributed by atoms with van der Waals surface area (Å²) in [5.74, 6) is 2.38. The smallest absolute Gasteiger partial charge is 0.119 e. The number of allylic oxidation sites excluding steroid dienone is 1. The minimum Gasteiger partial charge on any atom is -0.508 e. The molecule has 0 aromatic heterocycles. The molecule has 2 N–H and O–H groups in total. The summed E-state index contributed by atoms with van der Waals surface area (Å²) < 4.78 is 0. The van der Waals surface area contributed by atoms with E-state index in [1.165, 1.54) is 36.0 Å². The first kappa shape index (κ1) is 18.9. The van der Waals surface area contributed by atoms with Crippen LogP contribution < -0.4 is 0 Å². The van der Waals surface area contributed by atoms with Crippen LogP contribution in [0.2, 0.25) is 0 Å². The first-order chi connectivity index (χ1) is 14.1. The van der Waals surface area contributed by atoms with E-state index in [0.29, 0.717) is 23.5 Å². The van der Waals surface area contributed by atoms with E-state index in [1.54, 1.807) is 0 Å². The van der Waals surface area contributed by atoms with Crippen molar-refractivity contribution in [1.82, 2.24) is 0 Å². The van der Waals surface area contributed by atoms with Gasteiger partial charge in [0.05, 0.1) is 6.10 Å². The highest BCUT2D eigenvalue weighted by atomic mass is 16.3. The summed E-state index contributed by atoms with van der Waals surface area (Å²) in [6.45, 7) is 2.33. The molecule has 29 heavy (non-hydrogen) atoms. The van der Waals surface area contributed by atoms with Gasteiger partial charge in [-0.2, -0.15) is 0 Å². The van der Waals surface area contributed by atoms with E-state index in [4.69, 9.17) is 0 Å². The molecule has 3 aliphatic rings. The summed E-state index contributed by atoms with van der Waals surface area (Å²) in [5, 5.41) is 21.2. The molecule has 152 valence electrons. The lowest BCUT2D eigenvalue weighted by Crippen LogP contribution is -2.43. The highest BCUT2D eigenvalue weighted by Crippen LogP contribution is 2.61. The molecule has 5 atom stereocenters. The first-order valence-electron chi connectivity index (χ1n) is 11.3. The topological polar surface area (TPSA) is 40.5 Å². The number of aliphatic hydroxyl groups excluding tert-OH is 1. The average molecular weight is 389 g/mol. The second-order valence-electron chi connectivity index (χ2n) is 9.75.